The number of nitrogens with one attached hydrogen (secondary N) is 2. The molecule has 1 atom stereocenters. The van der Waals surface area contributed by atoms with Gasteiger partial charge in [-0.1, -0.05) is 17.7 Å². The van der Waals surface area contributed by atoms with Crippen LogP contribution in [-0.2, 0) is 9.47 Å². The van der Waals surface area contributed by atoms with Crippen LogP contribution in [0, 0.1) is 5.82 Å². The molecule has 7 heteroatoms. The van der Waals surface area contributed by atoms with Crippen molar-refractivity contribution < 1.29 is 18.7 Å². The largest absolute Gasteiger partial charge is 0.348 e. The Morgan fingerprint density at radius 2 is 2.14 bits per heavy atom. The Kier molecular flexibility index (Phi) is 5.61. The Morgan fingerprint density at radius 1 is 1.45 bits per heavy atom. The molecular formula is C15H20ClFN2O3. The first-order valence-corrected chi connectivity index (χ1v) is 7.55. The van der Waals surface area contributed by atoms with E-state index in [1.165, 1.54) is 12.1 Å². The summed E-state index contributed by atoms with van der Waals surface area (Å²) in [6, 6.07) is 3.49. The number of halogens is 2. The molecule has 2 N–H and O–H groups in total. The smallest absolute Gasteiger partial charge is 0.315 e. The van der Waals surface area contributed by atoms with Crippen LogP contribution in [0.5, 0.6) is 0 Å². The number of carbonyl (C=O) groups is 1. The maximum Gasteiger partial charge on any atom is 0.315 e. The number of urea groups is 1. The molecule has 0 radical (unpaired) electrons. The molecule has 1 aliphatic rings. The lowest BCUT2D eigenvalue weighted by Gasteiger charge is -2.22. The van der Waals surface area contributed by atoms with E-state index < -0.39 is 23.7 Å². The van der Waals surface area contributed by atoms with Gasteiger partial charge in [0.2, 0.25) is 0 Å². The Morgan fingerprint density at radius 3 is 2.77 bits per heavy atom. The van der Waals surface area contributed by atoms with E-state index in [-0.39, 0.29) is 10.6 Å². The fourth-order valence-corrected chi connectivity index (χ4v) is 2.68. The summed E-state index contributed by atoms with van der Waals surface area (Å²) in [5.41, 5.74) is 0.272. The van der Waals surface area contributed by atoms with Crippen molar-refractivity contribution in [2.45, 2.75) is 32.1 Å². The van der Waals surface area contributed by atoms with E-state index in [0.717, 1.165) is 0 Å². The van der Waals surface area contributed by atoms with Crippen molar-refractivity contribution in [3.63, 3.8) is 0 Å². The molecule has 1 fully saturated rings. The number of hydrogen-bond donors (Lipinski definition) is 2. The Balaban J connectivity index is 1.81. The number of benzene rings is 1. The Labute approximate surface area is 134 Å². The van der Waals surface area contributed by atoms with Crippen molar-refractivity contribution in [2.24, 2.45) is 0 Å². The van der Waals surface area contributed by atoms with E-state index in [0.29, 0.717) is 26.2 Å². The molecule has 2 rings (SSSR count). The highest BCUT2D eigenvalue weighted by atomic mass is 35.5. The number of carbonyl (C=O) groups excluding carboxylic acids is 1. The summed E-state index contributed by atoms with van der Waals surface area (Å²) in [6.07, 6.45) is 0.537. The molecule has 122 valence electrons. The fraction of sp³-hybridized carbons (Fsp3) is 0.533. The molecule has 0 saturated carbocycles. The van der Waals surface area contributed by atoms with Gasteiger partial charge >= 0.3 is 6.03 Å². The van der Waals surface area contributed by atoms with Crippen LogP contribution in [0.1, 0.15) is 31.9 Å². The van der Waals surface area contributed by atoms with Crippen molar-refractivity contribution >= 4 is 17.6 Å². The lowest BCUT2D eigenvalue weighted by atomic mass is 10.1. The van der Waals surface area contributed by atoms with Crippen molar-refractivity contribution in [3.05, 3.63) is 34.6 Å². The molecule has 22 heavy (non-hydrogen) atoms. The second-order valence-electron chi connectivity index (χ2n) is 5.34. The molecule has 1 aromatic rings. The van der Waals surface area contributed by atoms with Crippen LogP contribution in [0.25, 0.3) is 0 Å². The van der Waals surface area contributed by atoms with E-state index in [1.54, 1.807) is 13.0 Å². The van der Waals surface area contributed by atoms with Crippen LogP contribution in [0.3, 0.4) is 0 Å². The van der Waals surface area contributed by atoms with Gasteiger partial charge in [-0.25, -0.2) is 9.18 Å². The number of amides is 2. The van der Waals surface area contributed by atoms with Crippen LogP contribution in [0.4, 0.5) is 9.18 Å². The summed E-state index contributed by atoms with van der Waals surface area (Å²) >= 11 is 5.97. The quantitative estimate of drug-likeness (QED) is 0.872. The molecule has 2 amide bonds. The third-order valence-corrected chi connectivity index (χ3v) is 3.87. The van der Waals surface area contributed by atoms with Crippen molar-refractivity contribution in [1.29, 1.82) is 0 Å². The summed E-state index contributed by atoms with van der Waals surface area (Å²) in [6.45, 7) is 5.02. The fourth-order valence-electron chi connectivity index (χ4n) is 2.35. The van der Waals surface area contributed by atoms with Gasteiger partial charge in [0.15, 0.2) is 5.79 Å². The second-order valence-corrected chi connectivity index (χ2v) is 5.75. The molecule has 1 saturated heterocycles. The number of rotatable bonds is 5. The number of hydrogen-bond acceptors (Lipinski definition) is 3. The summed E-state index contributed by atoms with van der Waals surface area (Å²) in [4.78, 5) is 11.9. The van der Waals surface area contributed by atoms with E-state index >= 15 is 0 Å². The maximum absolute atomic E-state index is 13.8. The lowest BCUT2D eigenvalue weighted by molar-refractivity contribution is -0.145. The van der Waals surface area contributed by atoms with Gasteiger partial charge in [0, 0.05) is 23.6 Å². The highest BCUT2D eigenvalue weighted by Crippen LogP contribution is 2.25. The average Bonchev–Trinajstić information content (AvgIpc) is 2.85. The molecule has 5 nitrogen and oxygen atoms in total. The molecular weight excluding hydrogens is 311 g/mol. The van der Waals surface area contributed by atoms with Crippen molar-refractivity contribution in [1.82, 2.24) is 10.6 Å². The first kappa shape index (κ1) is 17.0. The summed E-state index contributed by atoms with van der Waals surface area (Å²) in [5.74, 6) is -1.09. The van der Waals surface area contributed by atoms with E-state index in [9.17, 15) is 9.18 Å². The van der Waals surface area contributed by atoms with Gasteiger partial charge in [-0.2, -0.15) is 0 Å². The molecule has 0 spiro atoms. The summed E-state index contributed by atoms with van der Waals surface area (Å²) in [7, 11) is 0. The molecule has 0 aromatic heterocycles. The van der Waals surface area contributed by atoms with Crippen LogP contribution in [0.2, 0.25) is 5.02 Å². The zero-order valence-electron chi connectivity index (χ0n) is 12.6. The normalized spacial score (nSPS) is 18.0. The van der Waals surface area contributed by atoms with Crippen molar-refractivity contribution in [3.8, 4) is 0 Å². The van der Waals surface area contributed by atoms with Crippen LogP contribution >= 0.6 is 11.6 Å². The minimum Gasteiger partial charge on any atom is -0.348 e. The predicted octanol–water partition coefficient (Wildman–Crippen LogP) is 2.99. The first-order valence-electron chi connectivity index (χ1n) is 7.17. The molecule has 1 heterocycles. The van der Waals surface area contributed by atoms with E-state index in [1.807, 2.05) is 6.92 Å². The topological polar surface area (TPSA) is 59.6 Å². The SMILES string of the molecule is CC(NC(=O)NCCC1(C)OCCO1)c1c(F)cccc1Cl. The van der Waals surface area contributed by atoms with Gasteiger partial charge in [-0.05, 0) is 26.0 Å². The number of ether oxygens (including phenoxy) is 2. The van der Waals surface area contributed by atoms with Gasteiger partial charge < -0.3 is 20.1 Å². The highest BCUT2D eigenvalue weighted by Gasteiger charge is 2.30. The van der Waals surface area contributed by atoms with Crippen LogP contribution in [-0.4, -0.2) is 31.6 Å². The summed E-state index contributed by atoms with van der Waals surface area (Å²) in [5, 5.41) is 5.64. The Bertz CT molecular complexity index is 515. The van der Waals surface area contributed by atoms with Gasteiger partial charge in [0.25, 0.3) is 0 Å². The first-order chi connectivity index (χ1) is 10.4. The third-order valence-electron chi connectivity index (χ3n) is 3.54. The van der Waals surface area contributed by atoms with E-state index in [2.05, 4.69) is 10.6 Å². The van der Waals surface area contributed by atoms with Gasteiger partial charge in [0.05, 0.1) is 19.3 Å². The summed E-state index contributed by atoms with van der Waals surface area (Å²) < 4.78 is 24.7. The monoisotopic (exact) mass is 330 g/mol. The lowest BCUT2D eigenvalue weighted by Crippen LogP contribution is -2.40. The molecule has 1 aromatic carbocycles. The van der Waals surface area contributed by atoms with Crippen LogP contribution < -0.4 is 10.6 Å². The van der Waals surface area contributed by atoms with Gasteiger partial charge in [-0.3, -0.25) is 0 Å². The second kappa shape index (κ2) is 7.26. The van der Waals surface area contributed by atoms with E-state index in [4.69, 9.17) is 21.1 Å². The molecule has 0 bridgehead atoms. The van der Waals surface area contributed by atoms with Crippen molar-refractivity contribution in [2.75, 3.05) is 19.8 Å². The van der Waals surface area contributed by atoms with Gasteiger partial charge in [0.1, 0.15) is 5.82 Å². The van der Waals surface area contributed by atoms with Crippen LogP contribution in [0.15, 0.2) is 18.2 Å². The minimum absolute atomic E-state index is 0.272. The highest BCUT2D eigenvalue weighted by molar-refractivity contribution is 6.31. The van der Waals surface area contributed by atoms with Gasteiger partial charge in [-0.15, -0.1) is 0 Å². The minimum atomic E-state index is -0.645. The zero-order valence-corrected chi connectivity index (χ0v) is 13.4. The predicted molar refractivity (Wildman–Crippen MR) is 81.3 cm³/mol. The Hall–Kier alpha value is -1.37. The molecule has 1 aliphatic heterocycles. The molecule has 0 aliphatic carbocycles. The standard InChI is InChI=1S/C15H20ClFN2O3/c1-10(13-11(16)4-3-5-12(13)17)19-14(20)18-7-6-15(2)21-8-9-22-15/h3-5,10H,6-9H2,1-2H3,(H2,18,19,20). The molecule has 1 unspecified atom stereocenters. The zero-order chi connectivity index (χ0) is 16.2. The third kappa shape index (κ3) is 4.32. The average molecular weight is 331 g/mol. The maximum atomic E-state index is 13.8.